The number of hydrogen-bond donors (Lipinski definition) is 3. The number of likely N-dealkylation sites (N-methyl/N-ethyl adjacent to an activating group) is 1. The zero-order chi connectivity index (χ0) is 18.4. The van der Waals surface area contributed by atoms with E-state index >= 15 is 0 Å². The van der Waals surface area contributed by atoms with Crippen LogP contribution in [0.15, 0.2) is 42.5 Å². The molecule has 0 radical (unpaired) electrons. The van der Waals surface area contributed by atoms with Crippen molar-refractivity contribution in [3.63, 3.8) is 0 Å². The molecule has 0 aliphatic carbocycles. The monoisotopic (exact) mass is 380 g/mol. The zero-order valence-corrected chi connectivity index (χ0v) is 15.1. The van der Waals surface area contributed by atoms with Gasteiger partial charge in [0, 0.05) is 5.69 Å². The molecule has 132 valence electrons. The topological polar surface area (TPSA) is 78.4 Å². The van der Waals surface area contributed by atoms with Gasteiger partial charge in [-0.25, -0.2) is 0 Å². The molecule has 0 unspecified atom stereocenters. The molecule has 0 aliphatic rings. The highest BCUT2D eigenvalue weighted by atomic mass is 35.5. The molecule has 0 aliphatic heterocycles. The van der Waals surface area contributed by atoms with Crippen LogP contribution in [0.5, 0.6) is 0 Å². The van der Waals surface area contributed by atoms with E-state index in [4.69, 9.17) is 23.2 Å². The minimum absolute atomic E-state index is 0.216. The summed E-state index contributed by atoms with van der Waals surface area (Å²) < 4.78 is 0. The summed E-state index contributed by atoms with van der Waals surface area (Å²) in [5, 5.41) is 15.4. The first-order chi connectivity index (χ1) is 11.9. The van der Waals surface area contributed by atoms with Gasteiger partial charge in [-0.2, -0.15) is 0 Å². The summed E-state index contributed by atoms with van der Waals surface area (Å²) in [4.78, 5) is 23.5. The molecule has 7 heteroatoms. The molecule has 0 heterocycles. The van der Waals surface area contributed by atoms with Crippen molar-refractivity contribution < 1.29 is 14.7 Å². The number of carbonyl (C=O) groups is 2. The molecule has 3 N–H and O–H groups in total. The molecular weight excluding hydrogens is 363 g/mol. The molecule has 2 aromatic carbocycles. The average molecular weight is 381 g/mol. The van der Waals surface area contributed by atoms with Crippen LogP contribution < -0.4 is 10.6 Å². The van der Waals surface area contributed by atoms with E-state index in [9.17, 15) is 14.7 Å². The van der Waals surface area contributed by atoms with Crippen molar-refractivity contribution in [2.24, 2.45) is 0 Å². The number of halogens is 2. The van der Waals surface area contributed by atoms with Crippen LogP contribution in [-0.2, 0) is 11.2 Å². The standard InChI is InChI=1S/C18H18Cl2N2O3/c1-2-21-15(18(24)25)10-11-6-8-12(9-7-11)22-17(23)16-13(19)4-3-5-14(16)20/h3-9,15,21H,2,10H2,1H3,(H,22,23)(H,24,25)/t15-/m0/s1. The SMILES string of the molecule is CCN[C@@H](Cc1ccc(NC(=O)c2c(Cl)cccc2Cl)cc1)C(=O)O. The summed E-state index contributed by atoms with van der Waals surface area (Å²) in [7, 11) is 0. The van der Waals surface area contributed by atoms with Crippen LogP contribution in [0.4, 0.5) is 5.69 Å². The molecule has 0 bridgehead atoms. The van der Waals surface area contributed by atoms with Gasteiger partial charge in [0.15, 0.2) is 0 Å². The van der Waals surface area contributed by atoms with Crippen LogP contribution in [0.25, 0.3) is 0 Å². The summed E-state index contributed by atoms with van der Waals surface area (Å²) in [5.74, 6) is -1.30. The molecule has 25 heavy (non-hydrogen) atoms. The third-order valence-corrected chi connectivity index (χ3v) is 4.22. The number of carbonyl (C=O) groups excluding carboxylic acids is 1. The molecule has 1 amide bonds. The van der Waals surface area contributed by atoms with Gasteiger partial charge in [-0.3, -0.25) is 9.59 Å². The Morgan fingerprint density at radius 2 is 1.68 bits per heavy atom. The number of benzene rings is 2. The highest BCUT2D eigenvalue weighted by Gasteiger charge is 2.17. The summed E-state index contributed by atoms with van der Waals surface area (Å²) >= 11 is 12.0. The summed E-state index contributed by atoms with van der Waals surface area (Å²) in [5.41, 5.74) is 1.63. The Labute approximate surface area is 156 Å². The van der Waals surface area contributed by atoms with Crippen molar-refractivity contribution in [1.82, 2.24) is 5.32 Å². The predicted octanol–water partition coefficient (Wildman–Crippen LogP) is 3.85. The molecule has 0 spiro atoms. The van der Waals surface area contributed by atoms with Crippen molar-refractivity contribution in [1.29, 1.82) is 0 Å². The fraction of sp³-hybridized carbons (Fsp3) is 0.222. The van der Waals surface area contributed by atoms with Gasteiger partial charge >= 0.3 is 5.97 Å². The van der Waals surface area contributed by atoms with Gasteiger partial charge in [-0.1, -0.05) is 48.3 Å². The van der Waals surface area contributed by atoms with E-state index in [1.165, 1.54) is 0 Å². The Hall–Kier alpha value is -2.08. The van der Waals surface area contributed by atoms with Crippen molar-refractivity contribution in [3.8, 4) is 0 Å². The average Bonchev–Trinajstić information content (AvgIpc) is 2.56. The molecule has 2 rings (SSSR count). The third kappa shape index (κ3) is 5.19. The van der Waals surface area contributed by atoms with Gasteiger partial charge < -0.3 is 15.7 Å². The number of hydrogen-bond acceptors (Lipinski definition) is 3. The van der Waals surface area contributed by atoms with Gasteiger partial charge in [0.05, 0.1) is 15.6 Å². The van der Waals surface area contributed by atoms with Gasteiger partial charge in [-0.05, 0) is 42.8 Å². The number of anilines is 1. The van der Waals surface area contributed by atoms with E-state index < -0.39 is 17.9 Å². The number of nitrogens with one attached hydrogen (secondary N) is 2. The largest absolute Gasteiger partial charge is 0.480 e. The molecule has 0 aromatic heterocycles. The maximum absolute atomic E-state index is 12.3. The molecule has 2 aromatic rings. The highest BCUT2D eigenvalue weighted by molar-refractivity contribution is 6.40. The zero-order valence-electron chi connectivity index (χ0n) is 13.6. The minimum atomic E-state index is -0.896. The Balaban J connectivity index is 2.07. The number of carboxylic acids is 1. The summed E-state index contributed by atoms with van der Waals surface area (Å²) in [6.07, 6.45) is 0.355. The smallest absolute Gasteiger partial charge is 0.321 e. The number of carboxylic acid groups (broad SMARTS) is 1. The number of rotatable bonds is 7. The number of aliphatic carboxylic acids is 1. The van der Waals surface area contributed by atoms with E-state index in [2.05, 4.69) is 10.6 Å². The minimum Gasteiger partial charge on any atom is -0.480 e. The quantitative estimate of drug-likeness (QED) is 0.681. The Bertz CT molecular complexity index is 743. The normalized spacial score (nSPS) is 11.8. The maximum atomic E-state index is 12.3. The van der Waals surface area contributed by atoms with Crippen LogP contribution in [-0.4, -0.2) is 29.6 Å². The lowest BCUT2D eigenvalue weighted by molar-refractivity contribution is -0.139. The lowest BCUT2D eigenvalue weighted by Crippen LogP contribution is -2.38. The van der Waals surface area contributed by atoms with E-state index in [0.29, 0.717) is 18.7 Å². The second-order valence-corrected chi connectivity index (χ2v) is 6.21. The highest BCUT2D eigenvalue weighted by Crippen LogP contribution is 2.25. The maximum Gasteiger partial charge on any atom is 0.321 e. The lowest BCUT2D eigenvalue weighted by Gasteiger charge is -2.13. The summed E-state index contributed by atoms with van der Waals surface area (Å²) in [6, 6.07) is 11.2. The number of amides is 1. The van der Waals surface area contributed by atoms with Crippen LogP contribution in [0, 0.1) is 0 Å². The fourth-order valence-corrected chi connectivity index (χ4v) is 2.93. The van der Waals surface area contributed by atoms with Gasteiger partial charge in [0.25, 0.3) is 5.91 Å². The van der Waals surface area contributed by atoms with Crippen LogP contribution in [0.2, 0.25) is 10.0 Å². The van der Waals surface area contributed by atoms with E-state index in [1.54, 1.807) is 42.5 Å². The molecule has 0 saturated heterocycles. The second kappa shape index (κ2) is 8.85. The van der Waals surface area contributed by atoms with Gasteiger partial charge in [0.2, 0.25) is 0 Å². The van der Waals surface area contributed by atoms with E-state index in [0.717, 1.165) is 5.56 Å². The first-order valence-electron chi connectivity index (χ1n) is 7.73. The van der Waals surface area contributed by atoms with Crippen LogP contribution >= 0.6 is 23.2 Å². The Morgan fingerprint density at radius 1 is 1.08 bits per heavy atom. The Kier molecular flexibility index (Phi) is 6.82. The molecule has 0 fully saturated rings. The first-order valence-corrected chi connectivity index (χ1v) is 8.48. The Morgan fingerprint density at radius 3 is 2.20 bits per heavy atom. The van der Waals surface area contributed by atoms with E-state index in [-0.39, 0.29) is 15.6 Å². The summed E-state index contributed by atoms with van der Waals surface area (Å²) in [6.45, 7) is 2.43. The molecule has 1 atom stereocenters. The van der Waals surface area contributed by atoms with Gasteiger partial charge in [-0.15, -0.1) is 0 Å². The van der Waals surface area contributed by atoms with Crippen molar-refractivity contribution in [3.05, 3.63) is 63.6 Å². The molecule has 5 nitrogen and oxygen atoms in total. The molecular formula is C18H18Cl2N2O3. The third-order valence-electron chi connectivity index (χ3n) is 3.59. The fourth-order valence-electron chi connectivity index (χ4n) is 2.36. The van der Waals surface area contributed by atoms with Crippen molar-refractivity contribution in [2.75, 3.05) is 11.9 Å². The van der Waals surface area contributed by atoms with E-state index in [1.807, 2.05) is 6.92 Å². The van der Waals surface area contributed by atoms with Gasteiger partial charge in [0.1, 0.15) is 6.04 Å². The molecule has 0 saturated carbocycles. The van der Waals surface area contributed by atoms with Crippen LogP contribution in [0.3, 0.4) is 0 Å². The first kappa shape index (κ1) is 19.2. The predicted molar refractivity (Wildman–Crippen MR) is 99.7 cm³/mol. The second-order valence-electron chi connectivity index (χ2n) is 5.40. The van der Waals surface area contributed by atoms with Crippen LogP contribution in [0.1, 0.15) is 22.8 Å². The van der Waals surface area contributed by atoms with Crippen molar-refractivity contribution in [2.45, 2.75) is 19.4 Å². The lowest BCUT2D eigenvalue weighted by atomic mass is 10.1. The van der Waals surface area contributed by atoms with Crippen molar-refractivity contribution >= 4 is 40.8 Å².